The van der Waals surface area contributed by atoms with Crippen molar-refractivity contribution in [2.45, 2.75) is 18.2 Å². The van der Waals surface area contributed by atoms with Gasteiger partial charge in [0.2, 0.25) is 11.8 Å². The summed E-state index contributed by atoms with van der Waals surface area (Å²) in [4.78, 5) is 30.6. The number of benzene rings is 2. The summed E-state index contributed by atoms with van der Waals surface area (Å²) in [5.74, 6) is -0.0448. The first-order valence-corrected chi connectivity index (χ1v) is 10.3. The highest BCUT2D eigenvalue weighted by atomic mass is 32.2. The molecule has 2 aromatic carbocycles. The average Bonchev–Trinajstić information content (AvgIpc) is 3.05. The number of thioether (sulfide) groups is 1. The van der Waals surface area contributed by atoms with Crippen molar-refractivity contribution in [3.8, 4) is 0 Å². The van der Waals surface area contributed by atoms with Gasteiger partial charge in [-0.15, -0.1) is 11.3 Å². The van der Waals surface area contributed by atoms with E-state index in [1.807, 2.05) is 56.3 Å². The Morgan fingerprint density at radius 3 is 2.52 bits per heavy atom. The minimum Gasteiger partial charge on any atom is -0.336 e. The van der Waals surface area contributed by atoms with Gasteiger partial charge in [-0.1, -0.05) is 42.1 Å². The number of carbonyl (C=O) groups excluding carboxylic acids is 2. The topological polar surface area (TPSA) is 62.3 Å². The Balaban J connectivity index is 1.53. The van der Waals surface area contributed by atoms with E-state index >= 15 is 0 Å². The summed E-state index contributed by atoms with van der Waals surface area (Å²) in [6, 6.07) is 13.8. The summed E-state index contributed by atoms with van der Waals surface area (Å²) in [7, 11) is 1.64. The fraction of sp³-hybridized carbons (Fsp3) is 0.250. The molecule has 0 radical (unpaired) electrons. The lowest BCUT2D eigenvalue weighted by Gasteiger charge is -2.17. The van der Waals surface area contributed by atoms with Gasteiger partial charge >= 0.3 is 0 Å². The quantitative estimate of drug-likeness (QED) is 0.634. The van der Waals surface area contributed by atoms with Crippen molar-refractivity contribution >= 4 is 50.8 Å². The van der Waals surface area contributed by atoms with Crippen LogP contribution >= 0.6 is 23.1 Å². The molecule has 0 aliphatic heterocycles. The number of aromatic nitrogens is 1. The van der Waals surface area contributed by atoms with E-state index < -0.39 is 0 Å². The van der Waals surface area contributed by atoms with E-state index in [-0.39, 0.29) is 24.1 Å². The summed E-state index contributed by atoms with van der Waals surface area (Å²) in [6.07, 6.45) is 0. The van der Waals surface area contributed by atoms with Crippen LogP contribution in [0.3, 0.4) is 0 Å². The van der Waals surface area contributed by atoms with Gasteiger partial charge in [0.1, 0.15) is 0 Å². The van der Waals surface area contributed by atoms with Crippen molar-refractivity contribution < 1.29 is 9.59 Å². The molecule has 7 heteroatoms. The minimum atomic E-state index is -0.201. The van der Waals surface area contributed by atoms with Crippen molar-refractivity contribution in [3.63, 3.8) is 0 Å². The maximum Gasteiger partial charge on any atom is 0.243 e. The highest BCUT2D eigenvalue weighted by Gasteiger charge is 2.15. The van der Waals surface area contributed by atoms with E-state index in [9.17, 15) is 9.59 Å². The van der Waals surface area contributed by atoms with Gasteiger partial charge in [-0.2, -0.15) is 0 Å². The van der Waals surface area contributed by atoms with Gasteiger partial charge in [0.25, 0.3) is 0 Å². The molecule has 0 aliphatic carbocycles. The molecule has 1 aromatic heterocycles. The molecule has 1 heterocycles. The number of hydrogen-bond donors (Lipinski definition) is 1. The summed E-state index contributed by atoms with van der Waals surface area (Å²) in [5, 5.41) is 2.91. The molecular formula is C20H21N3O2S2. The largest absolute Gasteiger partial charge is 0.336 e. The maximum absolute atomic E-state index is 12.4. The van der Waals surface area contributed by atoms with Crippen LogP contribution in [0.5, 0.6) is 0 Å². The van der Waals surface area contributed by atoms with E-state index in [4.69, 9.17) is 0 Å². The zero-order valence-corrected chi connectivity index (χ0v) is 17.1. The molecule has 0 saturated heterocycles. The predicted octanol–water partition coefficient (Wildman–Crippen LogP) is 4.10. The Kier molecular flexibility index (Phi) is 6.13. The number of rotatable bonds is 6. The first-order valence-electron chi connectivity index (χ1n) is 8.52. The Labute approximate surface area is 166 Å². The number of nitrogens with zero attached hydrogens (tertiary/aromatic N) is 2. The van der Waals surface area contributed by atoms with Crippen molar-refractivity contribution in [2.75, 3.05) is 24.7 Å². The molecule has 3 rings (SSSR count). The number of para-hydroxylation sites is 2. The van der Waals surface area contributed by atoms with Crippen LogP contribution in [0.4, 0.5) is 5.69 Å². The molecule has 3 aromatic rings. The Morgan fingerprint density at radius 1 is 1.11 bits per heavy atom. The fourth-order valence-electron chi connectivity index (χ4n) is 2.64. The maximum atomic E-state index is 12.4. The average molecular weight is 400 g/mol. The van der Waals surface area contributed by atoms with Gasteiger partial charge in [0, 0.05) is 12.7 Å². The molecule has 0 fully saturated rings. The highest BCUT2D eigenvalue weighted by molar-refractivity contribution is 8.01. The third-order valence-electron chi connectivity index (χ3n) is 4.15. The van der Waals surface area contributed by atoms with Gasteiger partial charge in [-0.3, -0.25) is 9.59 Å². The van der Waals surface area contributed by atoms with Crippen LogP contribution < -0.4 is 5.32 Å². The number of anilines is 1. The number of fused-ring (bicyclic) bond motifs is 1. The normalized spacial score (nSPS) is 10.8. The molecule has 0 saturated carbocycles. The van der Waals surface area contributed by atoms with E-state index in [1.54, 1.807) is 18.4 Å². The standard InChI is InChI=1S/C20H21N3O2S2/c1-13-7-6-8-14(2)19(13)22-17(24)11-23(3)18(25)12-26-20-21-15-9-4-5-10-16(15)27-20/h4-10H,11-12H2,1-3H3,(H,22,24). The molecule has 0 aliphatic rings. The van der Waals surface area contributed by atoms with E-state index in [0.29, 0.717) is 0 Å². The molecule has 5 nitrogen and oxygen atoms in total. The molecule has 1 N–H and O–H groups in total. The van der Waals surface area contributed by atoms with Gasteiger partial charge < -0.3 is 10.2 Å². The summed E-state index contributed by atoms with van der Waals surface area (Å²) in [6.45, 7) is 3.92. The van der Waals surface area contributed by atoms with Crippen LogP contribution in [-0.4, -0.2) is 41.0 Å². The van der Waals surface area contributed by atoms with Crippen molar-refractivity contribution in [1.29, 1.82) is 0 Å². The van der Waals surface area contributed by atoms with E-state index in [0.717, 1.165) is 31.4 Å². The number of amides is 2. The molecule has 0 atom stereocenters. The number of thiazole rings is 1. The third kappa shape index (κ3) is 4.87. The third-order valence-corrected chi connectivity index (χ3v) is 6.31. The number of nitrogens with one attached hydrogen (secondary N) is 1. The first kappa shape index (κ1) is 19.4. The molecule has 0 unspecified atom stereocenters. The van der Waals surface area contributed by atoms with Crippen LogP contribution in [0, 0.1) is 13.8 Å². The molecular weight excluding hydrogens is 378 g/mol. The number of likely N-dealkylation sites (N-methyl/N-ethyl adjacent to an activating group) is 1. The number of aryl methyl sites for hydroxylation is 2. The van der Waals surface area contributed by atoms with Crippen LogP contribution in [0.15, 0.2) is 46.8 Å². The monoisotopic (exact) mass is 399 g/mol. The lowest BCUT2D eigenvalue weighted by Crippen LogP contribution is -2.36. The lowest BCUT2D eigenvalue weighted by molar-refractivity contribution is -0.131. The second-order valence-electron chi connectivity index (χ2n) is 6.30. The van der Waals surface area contributed by atoms with Gasteiger partial charge in [-0.05, 0) is 37.1 Å². The lowest BCUT2D eigenvalue weighted by atomic mass is 10.1. The molecule has 140 valence electrons. The smallest absolute Gasteiger partial charge is 0.243 e. The zero-order valence-electron chi connectivity index (χ0n) is 15.5. The van der Waals surface area contributed by atoms with Crippen molar-refractivity contribution in [3.05, 3.63) is 53.6 Å². The van der Waals surface area contributed by atoms with Crippen LogP contribution in [-0.2, 0) is 9.59 Å². The fourth-order valence-corrected chi connectivity index (χ4v) is 4.65. The van der Waals surface area contributed by atoms with Crippen LogP contribution in [0.25, 0.3) is 10.2 Å². The van der Waals surface area contributed by atoms with Crippen LogP contribution in [0.2, 0.25) is 0 Å². The summed E-state index contributed by atoms with van der Waals surface area (Å²) >= 11 is 2.97. The Hall–Kier alpha value is -2.38. The Morgan fingerprint density at radius 2 is 1.81 bits per heavy atom. The SMILES string of the molecule is Cc1cccc(C)c1NC(=O)CN(C)C(=O)CSc1nc2ccccc2s1. The molecule has 2 amide bonds. The van der Waals surface area contributed by atoms with Crippen LogP contribution in [0.1, 0.15) is 11.1 Å². The number of hydrogen-bond acceptors (Lipinski definition) is 5. The second-order valence-corrected chi connectivity index (χ2v) is 8.55. The van der Waals surface area contributed by atoms with Crippen molar-refractivity contribution in [1.82, 2.24) is 9.88 Å². The van der Waals surface area contributed by atoms with Gasteiger partial charge in [0.15, 0.2) is 4.34 Å². The minimum absolute atomic E-state index is 0.0208. The second kappa shape index (κ2) is 8.54. The molecule has 27 heavy (non-hydrogen) atoms. The van der Waals surface area contributed by atoms with E-state index in [2.05, 4.69) is 10.3 Å². The molecule has 0 spiro atoms. The summed E-state index contributed by atoms with van der Waals surface area (Å²) < 4.78 is 1.96. The Bertz CT molecular complexity index is 931. The van der Waals surface area contributed by atoms with Gasteiger partial charge in [0.05, 0.1) is 22.5 Å². The highest BCUT2D eigenvalue weighted by Crippen LogP contribution is 2.29. The van der Waals surface area contributed by atoms with Crippen molar-refractivity contribution in [2.24, 2.45) is 0 Å². The van der Waals surface area contributed by atoms with Gasteiger partial charge in [-0.25, -0.2) is 4.98 Å². The summed E-state index contributed by atoms with van der Waals surface area (Å²) in [5.41, 5.74) is 3.76. The zero-order chi connectivity index (χ0) is 19.4. The predicted molar refractivity (Wildman–Crippen MR) is 113 cm³/mol. The number of carbonyl (C=O) groups is 2. The molecule has 0 bridgehead atoms. The first-order chi connectivity index (χ1) is 12.9. The van der Waals surface area contributed by atoms with E-state index in [1.165, 1.54) is 16.7 Å².